The van der Waals surface area contributed by atoms with Crippen molar-refractivity contribution in [1.82, 2.24) is 13.7 Å². The highest BCUT2D eigenvalue weighted by atomic mass is 32.2. The first-order valence-electron chi connectivity index (χ1n) is 5.70. The summed E-state index contributed by atoms with van der Waals surface area (Å²) in [5, 5.41) is 8.69. The smallest absolute Gasteiger partial charge is 0.263 e. The van der Waals surface area contributed by atoms with Gasteiger partial charge < -0.3 is 0 Å². The van der Waals surface area contributed by atoms with Crippen molar-refractivity contribution >= 4 is 38.6 Å². The standard InChI is InChI=1S/C12H7N5O2S2/c13-6-8-4-5-11(14-7-8)17-21(18,19)10-3-1-2-9-12(10)16-20-15-9/h1-5,7H,(H,14,17). The number of aromatic nitrogens is 3. The van der Waals surface area contributed by atoms with Gasteiger partial charge in [-0.2, -0.15) is 14.0 Å². The zero-order valence-electron chi connectivity index (χ0n) is 10.4. The van der Waals surface area contributed by atoms with E-state index in [0.717, 1.165) is 11.7 Å². The van der Waals surface area contributed by atoms with E-state index in [-0.39, 0.29) is 10.7 Å². The number of pyridine rings is 1. The minimum Gasteiger partial charge on any atom is -0.263 e. The Hall–Kier alpha value is -2.57. The number of benzene rings is 1. The first-order chi connectivity index (χ1) is 10.1. The van der Waals surface area contributed by atoms with Crippen molar-refractivity contribution in [2.24, 2.45) is 0 Å². The number of fused-ring (bicyclic) bond motifs is 1. The molecule has 21 heavy (non-hydrogen) atoms. The molecule has 0 radical (unpaired) electrons. The molecule has 104 valence electrons. The van der Waals surface area contributed by atoms with Crippen molar-refractivity contribution in [3.05, 3.63) is 42.1 Å². The van der Waals surface area contributed by atoms with Crippen LogP contribution in [-0.4, -0.2) is 22.1 Å². The molecule has 0 aliphatic heterocycles. The average Bonchev–Trinajstić information content (AvgIpc) is 2.95. The second-order valence-corrected chi connectivity index (χ2v) is 6.22. The van der Waals surface area contributed by atoms with E-state index in [2.05, 4.69) is 18.5 Å². The van der Waals surface area contributed by atoms with Gasteiger partial charge in [-0.25, -0.2) is 13.4 Å². The highest BCUT2D eigenvalue weighted by Gasteiger charge is 2.20. The van der Waals surface area contributed by atoms with Gasteiger partial charge in [0.1, 0.15) is 27.8 Å². The Morgan fingerprint density at radius 1 is 1.19 bits per heavy atom. The molecular weight excluding hydrogens is 310 g/mol. The molecule has 0 amide bonds. The van der Waals surface area contributed by atoms with Crippen LogP contribution in [0.25, 0.3) is 11.0 Å². The molecule has 1 N–H and O–H groups in total. The van der Waals surface area contributed by atoms with E-state index in [1.54, 1.807) is 12.1 Å². The Labute approximate surface area is 124 Å². The number of nitriles is 1. The number of anilines is 1. The number of nitrogens with zero attached hydrogens (tertiary/aromatic N) is 4. The van der Waals surface area contributed by atoms with E-state index < -0.39 is 10.0 Å². The number of nitrogens with one attached hydrogen (secondary N) is 1. The van der Waals surface area contributed by atoms with Crippen LogP contribution in [0.4, 0.5) is 5.82 Å². The quantitative estimate of drug-likeness (QED) is 0.788. The van der Waals surface area contributed by atoms with E-state index in [9.17, 15) is 8.42 Å². The molecule has 0 saturated carbocycles. The summed E-state index contributed by atoms with van der Waals surface area (Å²) in [5.74, 6) is 0.134. The summed E-state index contributed by atoms with van der Waals surface area (Å²) < 4.78 is 35.1. The fourth-order valence-electron chi connectivity index (χ4n) is 1.71. The second-order valence-electron chi connectivity index (χ2n) is 4.04. The van der Waals surface area contributed by atoms with E-state index in [0.29, 0.717) is 16.6 Å². The topological polar surface area (TPSA) is 109 Å². The maximum atomic E-state index is 12.4. The van der Waals surface area contributed by atoms with E-state index >= 15 is 0 Å². The summed E-state index contributed by atoms with van der Waals surface area (Å²) in [4.78, 5) is 3.92. The molecule has 0 fully saturated rings. The van der Waals surface area contributed by atoms with E-state index in [1.165, 1.54) is 24.4 Å². The SMILES string of the molecule is N#Cc1ccc(NS(=O)(=O)c2cccc3nsnc23)nc1. The van der Waals surface area contributed by atoms with Crippen molar-refractivity contribution < 1.29 is 8.42 Å². The molecule has 0 unspecified atom stereocenters. The molecule has 0 aliphatic carbocycles. The van der Waals surface area contributed by atoms with Gasteiger partial charge in [-0.15, -0.1) is 0 Å². The Kier molecular flexibility index (Phi) is 3.25. The number of rotatable bonds is 3. The van der Waals surface area contributed by atoms with Gasteiger partial charge in [0.05, 0.1) is 17.3 Å². The first kappa shape index (κ1) is 13.4. The third kappa shape index (κ3) is 2.54. The molecule has 2 heterocycles. The highest BCUT2D eigenvalue weighted by Crippen LogP contribution is 2.22. The van der Waals surface area contributed by atoms with Gasteiger partial charge in [0.2, 0.25) is 0 Å². The fraction of sp³-hybridized carbons (Fsp3) is 0. The van der Waals surface area contributed by atoms with Crippen LogP contribution in [0.5, 0.6) is 0 Å². The molecule has 3 rings (SSSR count). The largest absolute Gasteiger partial charge is 0.265 e. The van der Waals surface area contributed by atoms with Crippen LogP contribution in [0.2, 0.25) is 0 Å². The monoisotopic (exact) mass is 317 g/mol. The lowest BCUT2D eigenvalue weighted by atomic mass is 10.3. The van der Waals surface area contributed by atoms with Crippen LogP contribution < -0.4 is 4.72 Å². The molecule has 0 aliphatic rings. The van der Waals surface area contributed by atoms with E-state index in [4.69, 9.17) is 5.26 Å². The second kappa shape index (κ2) is 5.08. The number of hydrogen-bond donors (Lipinski definition) is 1. The van der Waals surface area contributed by atoms with Crippen molar-refractivity contribution in [3.8, 4) is 6.07 Å². The maximum Gasteiger partial charge on any atom is 0.265 e. The lowest BCUT2D eigenvalue weighted by Crippen LogP contribution is -2.14. The van der Waals surface area contributed by atoms with Crippen LogP contribution in [0.15, 0.2) is 41.4 Å². The minimum absolute atomic E-state index is 0.0416. The Morgan fingerprint density at radius 3 is 2.76 bits per heavy atom. The maximum absolute atomic E-state index is 12.4. The zero-order valence-corrected chi connectivity index (χ0v) is 12.0. The predicted octanol–water partition coefficient (Wildman–Crippen LogP) is 1.76. The van der Waals surface area contributed by atoms with Gasteiger partial charge in [0.25, 0.3) is 10.0 Å². The van der Waals surface area contributed by atoms with Crippen molar-refractivity contribution in [1.29, 1.82) is 5.26 Å². The highest BCUT2D eigenvalue weighted by molar-refractivity contribution is 7.93. The van der Waals surface area contributed by atoms with Gasteiger partial charge in [-0.1, -0.05) is 6.07 Å². The molecule has 9 heteroatoms. The fourth-order valence-corrected chi connectivity index (χ4v) is 3.49. The first-order valence-corrected chi connectivity index (χ1v) is 7.92. The number of hydrogen-bond acceptors (Lipinski definition) is 7. The van der Waals surface area contributed by atoms with E-state index in [1.807, 2.05) is 6.07 Å². The van der Waals surface area contributed by atoms with Crippen LogP contribution in [0, 0.1) is 11.3 Å². The van der Waals surface area contributed by atoms with Crippen LogP contribution in [0.3, 0.4) is 0 Å². The molecular formula is C12H7N5O2S2. The Morgan fingerprint density at radius 2 is 2.05 bits per heavy atom. The lowest BCUT2D eigenvalue weighted by molar-refractivity contribution is 0.601. The molecule has 0 bridgehead atoms. The van der Waals surface area contributed by atoms with Crippen LogP contribution >= 0.6 is 11.7 Å². The minimum atomic E-state index is -3.82. The zero-order chi connectivity index (χ0) is 14.9. The van der Waals surface area contributed by atoms with Gasteiger partial charge in [0.15, 0.2) is 0 Å². The predicted molar refractivity (Wildman–Crippen MR) is 77.2 cm³/mol. The van der Waals surface area contributed by atoms with Crippen LogP contribution in [-0.2, 0) is 10.0 Å². The summed E-state index contributed by atoms with van der Waals surface area (Å²) in [7, 11) is -3.82. The molecule has 2 aromatic heterocycles. The Balaban J connectivity index is 2.00. The van der Waals surface area contributed by atoms with Crippen molar-refractivity contribution in [2.45, 2.75) is 4.90 Å². The van der Waals surface area contributed by atoms with Gasteiger partial charge >= 0.3 is 0 Å². The summed E-state index contributed by atoms with van der Waals surface area (Å²) >= 11 is 0.950. The molecule has 0 saturated heterocycles. The summed E-state index contributed by atoms with van der Waals surface area (Å²) in [6, 6.07) is 9.57. The van der Waals surface area contributed by atoms with Gasteiger partial charge in [0, 0.05) is 6.20 Å². The van der Waals surface area contributed by atoms with Crippen molar-refractivity contribution in [2.75, 3.05) is 4.72 Å². The molecule has 7 nitrogen and oxygen atoms in total. The average molecular weight is 317 g/mol. The summed E-state index contributed by atoms with van der Waals surface area (Å²) in [6.07, 6.45) is 1.29. The third-order valence-electron chi connectivity index (χ3n) is 2.67. The molecule has 0 atom stereocenters. The third-order valence-corrected chi connectivity index (χ3v) is 4.60. The lowest BCUT2D eigenvalue weighted by Gasteiger charge is -2.07. The summed E-state index contributed by atoms with van der Waals surface area (Å²) in [5.41, 5.74) is 1.20. The van der Waals surface area contributed by atoms with Gasteiger partial charge in [-0.3, -0.25) is 4.72 Å². The number of sulfonamides is 1. The van der Waals surface area contributed by atoms with Crippen molar-refractivity contribution in [3.63, 3.8) is 0 Å². The van der Waals surface area contributed by atoms with Crippen LogP contribution in [0.1, 0.15) is 5.56 Å². The molecule has 3 aromatic rings. The molecule has 0 spiro atoms. The normalized spacial score (nSPS) is 11.2. The van der Waals surface area contributed by atoms with Gasteiger partial charge in [-0.05, 0) is 24.3 Å². The Bertz CT molecular complexity index is 942. The molecule has 1 aromatic carbocycles. The summed E-state index contributed by atoms with van der Waals surface area (Å²) in [6.45, 7) is 0.